The van der Waals surface area contributed by atoms with Crippen LogP contribution in [0, 0.1) is 6.92 Å². The Labute approximate surface area is 110 Å². The molecule has 1 heterocycles. The van der Waals surface area contributed by atoms with Gasteiger partial charge in [-0.1, -0.05) is 12.1 Å². The monoisotopic (exact) mass is 293 g/mol. The van der Waals surface area contributed by atoms with Gasteiger partial charge in [-0.3, -0.25) is 0 Å². The Balaban J connectivity index is 1.80. The highest BCUT2D eigenvalue weighted by Gasteiger charge is 2.00. The van der Waals surface area contributed by atoms with E-state index in [-0.39, 0.29) is 0 Å². The zero-order valence-electron chi connectivity index (χ0n) is 9.86. The molecule has 0 spiro atoms. The number of benzene rings is 1. The number of nitrogens with one attached hydrogen (secondary N) is 1. The summed E-state index contributed by atoms with van der Waals surface area (Å²) in [7, 11) is 0. The van der Waals surface area contributed by atoms with Gasteiger partial charge >= 0.3 is 0 Å². The maximum atomic E-state index is 4.02. The first-order chi connectivity index (χ1) is 8.27. The fraction of sp³-hybridized carbons (Fsp3) is 0.308. The molecule has 1 aromatic carbocycles. The molecule has 0 aliphatic rings. The molecule has 0 radical (unpaired) electrons. The summed E-state index contributed by atoms with van der Waals surface area (Å²) in [6, 6.07) is 6.26. The molecule has 0 aliphatic heterocycles. The number of hydrogen-bond donors (Lipinski definition) is 1. The minimum Gasteiger partial charge on any atom is -0.384 e. The van der Waals surface area contributed by atoms with E-state index >= 15 is 0 Å². The molecule has 17 heavy (non-hydrogen) atoms. The van der Waals surface area contributed by atoms with E-state index in [1.807, 2.05) is 18.7 Å². The molecule has 4 heteroatoms. The maximum absolute atomic E-state index is 4.02. The molecule has 0 fully saturated rings. The van der Waals surface area contributed by atoms with Gasteiger partial charge in [-0.15, -0.1) is 0 Å². The van der Waals surface area contributed by atoms with Crippen molar-refractivity contribution in [2.45, 2.75) is 19.9 Å². The van der Waals surface area contributed by atoms with E-state index in [2.05, 4.69) is 55.9 Å². The van der Waals surface area contributed by atoms with Crippen molar-refractivity contribution in [3.8, 4) is 0 Å². The third kappa shape index (κ3) is 3.33. The van der Waals surface area contributed by atoms with Crippen molar-refractivity contribution in [3.05, 3.63) is 47.0 Å². The van der Waals surface area contributed by atoms with Crippen LogP contribution in [0.4, 0.5) is 5.69 Å². The van der Waals surface area contributed by atoms with Gasteiger partial charge in [0, 0.05) is 35.6 Å². The zero-order valence-corrected chi connectivity index (χ0v) is 11.4. The second kappa shape index (κ2) is 5.87. The molecule has 2 rings (SSSR count). The first-order valence-corrected chi connectivity index (χ1v) is 6.51. The first kappa shape index (κ1) is 12.2. The predicted molar refractivity (Wildman–Crippen MR) is 74.2 cm³/mol. The van der Waals surface area contributed by atoms with Gasteiger partial charge in [0.25, 0.3) is 0 Å². The van der Waals surface area contributed by atoms with Crippen molar-refractivity contribution in [2.75, 3.05) is 11.9 Å². The standard InChI is InChI=1S/C13H16BrN3/c1-11-4-2-5-12(13(11)14)16-6-3-8-17-9-7-15-10-17/h2,4-5,7,9-10,16H,3,6,8H2,1H3. The van der Waals surface area contributed by atoms with E-state index in [1.54, 1.807) is 0 Å². The molecular formula is C13H16BrN3. The van der Waals surface area contributed by atoms with Crippen molar-refractivity contribution in [1.29, 1.82) is 0 Å². The summed E-state index contributed by atoms with van der Waals surface area (Å²) in [4.78, 5) is 4.02. The summed E-state index contributed by atoms with van der Waals surface area (Å²) in [5.41, 5.74) is 2.42. The van der Waals surface area contributed by atoms with Gasteiger partial charge in [-0.05, 0) is 40.9 Å². The van der Waals surface area contributed by atoms with Crippen LogP contribution in [0.25, 0.3) is 0 Å². The Morgan fingerprint density at radius 2 is 2.29 bits per heavy atom. The normalized spacial score (nSPS) is 10.5. The lowest BCUT2D eigenvalue weighted by molar-refractivity contribution is 0.660. The number of halogens is 1. The van der Waals surface area contributed by atoms with Crippen molar-refractivity contribution in [1.82, 2.24) is 9.55 Å². The fourth-order valence-electron chi connectivity index (χ4n) is 1.69. The third-order valence-corrected chi connectivity index (χ3v) is 3.71. The van der Waals surface area contributed by atoms with Crippen LogP contribution in [0.5, 0.6) is 0 Å². The van der Waals surface area contributed by atoms with E-state index in [4.69, 9.17) is 0 Å². The number of nitrogens with zero attached hydrogens (tertiary/aromatic N) is 2. The Bertz CT molecular complexity index is 466. The molecule has 3 nitrogen and oxygen atoms in total. The van der Waals surface area contributed by atoms with Gasteiger partial charge in [-0.2, -0.15) is 0 Å². The van der Waals surface area contributed by atoms with Crippen LogP contribution >= 0.6 is 15.9 Å². The molecule has 2 aromatic rings. The highest BCUT2D eigenvalue weighted by molar-refractivity contribution is 9.10. The van der Waals surface area contributed by atoms with Crippen LogP contribution in [0.1, 0.15) is 12.0 Å². The van der Waals surface area contributed by atoms with Crippen molar-refractivity contribution in [2.24, 2.45) is 0 Å². The van der Waals surface area contributed by atoms with Crippen LogP contribution < -0.4 is 5.32 Å². The van der Waals surface area contributed by atoms with Gasteiger partial charge in [0.05, 0.1) is 6.33 Å². The predicted octanol–water partition coefficient (Wildman–Crippen LogP) is 3.46. The lowest BCUT2D eigenvalue weighted by Crippen LogP contribution is -2.06. The molecule has 0 saturated carbocycles. The number of imidazole rings is 1. The average Bonchev–Trinajstić information content (AvgIpc) is 2.83. The Kier molecular flexibility index (Phi) is 4.20. The molecular weight excluding hydrogens is 278 g/mol. The molecule has 90 valence electrons. The number of aromatic nitrogens is 2. The molecule has 0 saturated heterocycles. The molecule has 0 atom stereocenters. The summed E-state index contributed by atoms with van der Waals surface area (Å²) >= 11 is 3.59. The lowest BCUT2D eigenvalue weighted by Gasteiger charge is -2.10. The number of rotatable bonds is 5. The highest BCUT2D eigenvalue weighted by atomic mass is 79.9. The minimum atomic E-state index is 0.959. The van der Waals surface area contributed by atoms with Crippen LogP contribution in [-0.4, -0.2) is 16.1 Å². The summed E-state index contributed by atoms with van der Waals surface area (Å²) in [6.07, 6.45) is 6.73. The van der Waals surface area contributed by atoms with Crippen molar-refractivity contribution < 1.29 is 0 Å². The van der Waals surface area contributed by atoms with E-state index < -0.39 is 0 Å². The summed E-state index contributed by atoms with van der Waals surface area (Å²) in [5.74, 6) is 0. The zero-order chi connectivity index (χ0) is 12.1. The first-order valence-electron chi connectivity index (χ1n) is 5.72. The number of anilines is 1. The molecule has 1 N–H and O–H groups in total. The molecule has 0 unspecified atom stereocenters. The molecule has 0 aliphatic carbocycles. The van der Waals surface area contributed by atoms with Crippen LogP contribution in [-0.2, 0) is 6.54 Å². The topological polar surface area (TPSA) is 29.9 Å². The quantitative estimate of drug-likeness (QED) is 0.856. The van der Waals surface area contributed by atoms with Gasteiger partial charge in [-0.25, -0.2) is 4.98 Å². The molecule has 0 bridgehead atoms. The van der Waals surface area contributed by atoms with Crippen molar-refractivity contribution >= 4 is 21.6 Å². The molecule has 0 amide bonds. The average molecular weight is 294 g/mol. The van der Waals surface area contributed by atoms with Gasteiger partial charge in [0.1, 0.15) is 0 Å². The summed E-state index contributed by atoms with van der Waals surface area (Å²) in [5, 5.41) is 3.44. The summed E-state index contributed by atoms with van der Waals surface area (Å²) < 4.78 is 3.25. The highest BCUT2D eigenvalue weighted by Crippen LogP contribution is 2.25. The maximum Gasteiger partial charge on any atom is 0.0945 e. The van der Waals surface area contributed by atoms with E-state index in [9.17, 15) is 0 Å². The fourth-order valence-corrected chi connectivity index (χ4v) is 2.09. The number of aryl methyl sites for hydroxylation is 2. The Morgan fingerprint density at radius 3 is 3.06 bits per heavy atom. The van der Waals surface area contributed by atoms with E-state index in [1.165, 1.54) is 5.56 Å². The van der Waals surface area contributed by atoms with Gasteiger partial charge in [0.2, 0.25) is 0 Å². The van der Waals surface area contributed by atoms with Crippen molar-refractivity contribution in [3.63, 3.8) is 0 Å². The van der Waals surface area contributed by atoms with Crippen LogP contribution in [0.15, 0.2) is 41.4 Å². The number of hydrogen-bond acceptors (Lipinski definition) is 2. The van der Waals surface area contributed by atoms with Crippen LogP contribution in [0.3, 0.4) is 0 Å². The molecule has 1 aromatic heterocycles. The summed E-state index contributed by atoms with van der Waals surface area (Å²) in [6.45, 7) is 4.05. The second-order valence-electron chi connectivity index (χ2n) is 4.02. The van der Waals surface area contributed by atoms with E-state index in [0.717, 1.165) is 29.7 Å². The third-order valence-electron chi connectivity index (χ3n) is 2.66. The largest absolute Gasteiger partial charge is 0.384 e. The van der Waals surface area contributed by atoms with Gasteiger partial charge < -0.3 is 9.88 Å². The Morgan fingerprint density at radius 1 is 1.41 bits per heavy atom. The smallest absolute Gasteiger partial charge is 0.0945 e. The SMILES string of the molecule is Cc1cccc(NCCCn2ccnc2)c1Br. The van der Waals surface area contributed by atoms with Gasteiger partial charge in [0.15, 0.2) is 0 Å². The minimum absolute atomic E-state index is 0.959. The Hall–Kier alpha value is -1.29. The van der Waals surface area contributed by atoms with E-state index in [0.29, 0.717) is 0 Å². The second-order valence-corrected chi connectivity index (χ2v) is 4.81. The lowest BCUT2D eigenvalue weighted by atomic mass is 10.2. The van der Waals surface area contributed by atoms with Crippen LogP contribution in [0.2, 0.25) is 0 Å².